The Labute approximate surface area is 123 Å². The molecule has 0 fully saturated rings. The van der Waals surface area contributed by atoms with Gasteiger partial charge in [0.15, 0.2) is 0 Å². The lowest BCUT2D eigenvalue weighted by Crippen LogP contribution is -2.30. The molecule has 2 aromatic rings. The number of rotatable bonds is 5. The van der Waals surface area contributed by atoms with Crippen LogP contribution in [0.15, 0.2) is 34.7 Å². The van der Waals surface area contributed by atoms with Gasteiger partial charge in [0.2, 0.25) is 0 Å². The number of ether oxygens (including phenoxy) is 1. The maximum Gasteiger partial charge on any atom is 0.268 e. The molecule has 2 rings (SSSR count). The smallest absolute Gasteiger partial charge is 0.268 e. The average molecular weight is 289 g/mol. The number of hydrogen-bond acceptors (Lipinski definition) is 5. The molecule has 6 heteroatoms. The minimum atomic E-state index is -0.355. The molecule has 0 spiro atoms. The molecule has 0 atom stereocenters. The highest BCUT2D eigenvalue weighted by atomic mass is 16.5. The lowest BCUT2D eigenvalue weighted by Gasteiger charge is -2.18. The Kier molecular flexibility index (Phi) is 4.49. The van der Waals surface area contributed by atoms with E-state index in [1.807, 2.05) is 36.2 Å². The highest BCUT2D eigenvalue weighted by Crippen LogP contribution is 2.23. The van der Waals surface area contributed by atoms with E-state index in [9.17, 15) is 4.79 Å². The number of furan rings is 1. The predicted molar refractivity (Wildman–Crippen MR) is 80.2 cm³/mol. The van der Waals surface area contributed by atoms with Crippen molar-refractivity contribution in [1.29, 1.82) is 0 Å². The van der Waals surface area contributed by atoms with Crippen molar-refractivity contribution in [2.45, 2.75) is 13.5 Å². The summed E-state index contributed by atoms with van der Waals surface area (Å²) in [4.78, 5) is 13.6. The molecule has 0 unspecified atom stereocenters. The molecule has 3 N–H and O–H groups in total. The number of amides is 1. The molecule has 1 aromatic heterocycles. The molecule has 0 saturated heterocycles. The largest absolute Gasteiger partial charge is 0.497 e. The Hall–Kier alpha value is -2.47. The SMILES string of the molecule is COc1cccc(N(C)Cc2cc(C(=O)NN)c(C)o2)c1. The second-order valence-electron chi connectivity index (χ2n) is 4.71. The van der Waals surface area contributed by atoms with Crippen LogP contribution in [0.5, 0.6) is 5.75 Å². The number of hydrogen-bond donors (Lipinski definition) is 2. The third kappa shape index (κ3) is 3.35. The Morgan fingerprint density at radius 3 is 2.86 bits per heavy atom. The van der Waals surface area contributed by atoms with Crippen molar-refractivity contribution in [2.24, 2.45) is 5.84 Å². The van der Waals surface area contributed by atoms with Crippen molar-refractivity contribution in [2.75, 3.05) is 19.1 Å². The minimum absolute atomic E-state index is 0.355. The van der Waals surface area contributed by atoms with Crippen LogP contribution in [0.25, 0.3) is 0 Å². The second kappa shape index (κ2) is 6.32. The van der Waals surface area contributed by atoms with Crippen LogP contribution in [0.3, 0.4) is 0 Å². The van der Waals surface area contributed by atoms with Crippen molar-refractivity contribution >= 4 is 11.6 Å². The summed E-state index contributed by atoms with van der Waals surface area (Å²) in [5.41, 5.74) is 3.55. The Bertz CT molecular complexity index is 637. The molecule has 0 aliphatic rings. The molecular formula is C15H19N3O3. The Morgan fingerprint density at radius 1 is 1.43 bits per heavy atom. The molecule has 1 heterocycles. The monoisotopic (exact) mass is 289 g/mol. The highest BCUT2D eigenvalue weighted by molar-refractivity contribution is 5.94. The summed E-state index contributed by atoms with van der Waals surface area (Å²) in [6.07, 6.45) is 0. The molecule has 1 amide bonds. The fraction of sp³-hybridized carbons (Fsp3) is 0.267. The number of nitrogens with zero attached hydrogens (tertiary/aromatic N) is 1. The molecule has 6 nitrogen and oxygen atoms in total. The van der Waals surface area contributed by atoms with Gasteiger partial charge in [0, 0.05) is 18.8 Å². The third-order valence-corrected chi connectivity index (χ3v) is 3.23. The van der Waals surface area contributed by atoms with E-state index in [0.717, 1.165) is 11.4 Å². The number of hydrazine groups is 1. The van der Waals surface area contributed by atoms with E-state index < -0.39 is 0 Å². The van der Waals surface area contributed by atoms with Crippen LogP contribution >= 0.6 is 0 Å². The van der Waals surface area contributed by atoms with Gasteiger partial charge in [0.1, 0.15) is 17.3 Å². The molecule has 1 aromatic carbocycles. The van der Waals surface area contributed by atoms with Gasteiger partial charge < -0.3 is 14.1 Å². The quantitative estimate of drug-likeness (QED) is 0.498. The predicted octanol–water partition coefficient (Wildman–Crippen LogP) is 1.84. The first-order valence-corrected chi connectivity index (χ1v) is 6.50. The molecule has 0 saturated carbocycles. The molecule has 0 aliphatic carbocycles. The summed E-state index contributed by atoms with van der Waals surface area (Å²) < 4.78 is 10.8. The van der Waals surface area contributed by atoms with Gasteiger partial charge in [-0.2, -0.15) is 0 Å². The first-order valence-electron chi connectivity index (χ1n) is 6.50. The number of carbonyl (C=O) groups excluding carboxylic acids is 1. The number of benzene rings is 1. The molecule has 0 bridgehead atoms. The zero-order valence-corrected chi connectivity index (χ0v) is 12.3. The third-order valence-electron chi connectivity index (χ3n) is 3.23. The first kappa shape index (κ1) is 14.9. The molecular weight excluding hydrogens is 270 g/mol. The van der Waals surface area contributed by atoms with Gasteiger partial charge in [-0.3, -0.25) is 10.2 Å². The van der Waals surface area contributed by atoms with E-state index in [0.29, 0.717) is 23.6 Å². The van der Waals surface area contributed by atoms with E-state index >= 15 is 0 Å². The van der Waals surface area contributed by atoms with Gasteiger partial charge in [-0.05, 0) is 25.1 Å². The van der Waals surface area contributed by atoms with Crippen LogP contribution in [0.4, 0.5) is 5.69 Å². The highest BCUT2D eigenvalue weighted by Gasteiger charge is 2.15. The fourth-order valence-electron chi connectivity index (χ4n) is 2.10. The zero-order valence-electron chi connectivity index (χ0n) is 12.3. The standard InChI is InChI=1S/C15H19N3O3/c1-10-14(15(19)17-16)8-13(21-10)9-18(2)11-5-4-6-12(7-11)20-3/h4-8H,9,16H2,1-3H3,(H,17,19). The average Bonchev–Trinajstić information content (AvgIpc) is 2.87. The van der Waals surface area contributed by atoms with Crippen LogP contribution in [0, 0.1) is 6.92 Å². The van der Waals surface area contributed by atoms with Crippen molar-refractivity contribution < 1.29 is 13.9 Å². The molecule has 21 heavy (non-hydrogen) atoms. The van der Waals surface area contributed by atoms with Crippen molar-refractivity contribution in [3.05, 3.63) is 47.4 Å². The summed E-state index contributed by atoms with van der Waals surface area (Å²) in [6, 6.07) is 9.42. The summed E-state index contributed by atoms with van der Waals surface area (Å²) in [7, 11) is 3.57. The van der Waals surface area contributed by atoms with Gasteiger partial charge in [-0.25, -0.2) is 5.84 Å². The molecule has 112 valence electrons. The Morgan fingerprint density at radius 2 is 2.19 bits per heavy atom. The van der Waals surface area contributed by atoms with Crippen LogP contribution in [0.1, 0.15) is 21.9 Å². The Balaban J connectivity index is 2.15. The van der Waals surface area contributed by atoms with Gasteiger partial charge >= 0.3 is 0 Å². The van der Waals surface area contributed by atoms with Crippen LogP contribution in [0.2, 0.25) is 0 Å². The number of methoxy groups -OCH3 is 1. The summed E-state index contributed by atoms with van der Waals surface area (Å²) in [5.74, 6) is 6.82. The number of nitrogen functional groups attached to an aromatic ring is 1. The summed E-state index contributed by atoms with van der Waals surface area (Å²) in [6.45, 7) is 2.27. The second-order valence-corrected chi connectivity index (χ2v) is 4.71. The fourth-order valence-corrected chi connectivity index (χ4v) is 2.10. The maximum atomic E-state index is 11.6. The van der Waals surface area contributed by atoms with Crippen LogP contribution < -0.4 is 20.9 Å². The van der Waals surface area contributed by atoms with Gasteiger partial charge in [0.25, 0.3) is 5.91 Å². The lowest BCUT2D eigenvalue weighted by atomic mass is 10.2. The summed E-state index contributed by atoms with van der Waals surface area (Å²) in [5, 5.41) is 0. The number of nitrogens with two attached hydrogens (primary N) is 1. The normalized spacial score (nSPS) is 10.3. The van der Waals surface area contributed by atoms with Crippen LogP contribution in [-0.4, -0.2) is 20.1 Å². The maximum absolute atomic E-state index is 11.6. The van der Waals surface area contributed by atoms with E-state index in [2.05, 4.69) is 5.43 Å². The summed E-state index contributed by atoms with van der Waals surface area (Å²) >= 11 is 0. The van der Waals surface area contributed by atoms with E-state index in [4.69, 9.17) is 15.0 Å². The lowest BCUT2D eigenvalue weighted by molar-refractivity contribution is 0.0952. The van der Waals surface area contributed by atoms with Gasteiger partial charge in [0.05, 0.1) is 19.2 Å². The number of carbonyl (C=O) groups is 1. The van der Waals surface area contributed by atoms with Crippen molar-refractivity contribution in [3.8, 4) is 5.75 Å². The zero-order chi connectivity index (χ0) is 15.4. The number of anilines is 1. The number of nitrogens with one attached hydrogen (secondary N) is 1. The van der Waals surface area contributed by atoms with Crippen molar-refractivity contribution in [3.63, 3.8) is 0 Å². The van der Waals surface area contributed by atoms with Gasteiger partial charge in [-0.15, -0.1) is 0 Å². The molecule has 0 radical (unpaired) electrons. The topological polar surface area (TPSA) is 80.7 Å². The van der Waals surface area contributed by atoms with E-state index in [1.165, 1.54) is 0 Å². The number of aryl methyl sites for hydroxylation is 1. The van der Waals surface area contributed by atoms with E-state index in [1.54, 1.807) is 20.1 Å². The van der Waals surface area contributed by atoms with E-state index in [-0.39, 0.29) is 5.91 Å². The first-order chi connectivity index (χ1) is 10.0. The molecule has 0 aliphatic heterocycles. The minimum Gasteiger partial charge on any atom is -0.497 e. The van der Waals surface area contributed by atoms with Crippen molar-refractivity contribution in [1.82, 2.24) is 5.43 Å². The van der Waals surface area contributed by atoms with Crippen LogP contribution in [-0.2, 0) is 6.54 Å². The van der Waals surface area contributed by atoms with Gasteiger partial charge in [-0.1, -0.05) is 6.07 Å².